The van der Waals surface area contributed by atoms with Gasteiger partial charge in [0.1, 0.15) is 12.7 Å². The number of benzene rings is 2. The first-order valence-electron chi connectivity index (χ1n) is 7.24. The maximum absolute atomic E-state index is 9.79. The molecule has 0 radical (unpaired) electrons. The van der Waals surface area contributed by atoms with E-state index in [0.29, 0.717) is 19.0 Å². The number of thioether (sulfide) groups is 1. The number of aliphatic hydroxyl groups excluding tert-OH is 1. The molecule has 114 valence electrons. The summed E-state index contributed by atoms with van der Waals surface area (Å²) in [5.74, 6) is 7.19. The highest BCUT2D eigenvalue weighted by Crippen LogP contribution is 2.12. The van der Waals surface area contributed by atoms with Gasteiger partial charge in [-0.15, -0.1) is 0 Å². The number of hydrogen-bond donors (Lipinski definition) is 1. The zero-order chi connectivity index (χ0) is 15.5. The Kier molecular flexibility index (Phi) is 7.62. The van der Waals surface area contributed by atoms with Crippen molar-refractivity contribution in [2.45, 2.75) is 18.5 Å². The Morgan fingerprint density at radius 1 is 0.955 bits per heavy atom. The van der Waals surface area contributed by atoms with Crippen molar-refractivity contribution in [3.8, 4) is 11.8 Å². The second-order valence-electron chi connectivity index (χ2n) is 4.82. The van der Waals surface area contributed by atoms with Gasteiger partial charge in [0.05, 0.1) is 6.61 Å². The average molecular weight is 312 g/mol. The van der Waals surface area contributed by atoms with E-state index in [4.69, 9.17) is 4.74 Å². The Labute approximate surface area is 136 Å². The van der Waals surface area contributed by atoms with Gasteiger partial charge in [-0.25, -0.2) is 0 Å². The highest BCUT2D eigenvalue weighted by Gasteiger charge is 1.99. The molecule has 0 aliphatic rings. The highest BCUT2D eigenvalue weighted by atomic mass is 32.2. The van der Waals surface area contributed by atoms with Gasteiger partial charge in [0.2, 0.25) is 0 Å². The van der Waals surface area contributed by atoms with Gasteiger partial charge in [-0.1, -0.05) is 72.5 Å². The predicted molar refractivity (Wildman–Crippen MR) is 92.5 cm³/mol. The molecule has 0 aliphatic carbocycles. The van der Waals surface area contributed by atoms with Crippen LogP contribution in [0.5, 0.6) is 0 Å². The molecule has 0 spiro atoms. The molecule has 2 aromatic rings. The van der Waals surface area contributed by atoms with Crippen molar-refractivity contribution in [2.24, 2.45) is 0 Å². The quantitative estimate of drug-likeness (QED) is 0.627. The molecule has 22 heavy (non-hydrogen) atoms. The molecule has 0 bridgehead atoms. The largest absolute Gasteiger partial charge is 0.380 e. The van der Waals surface area contributed by atoms with Crippen LogP contribution < -0.4 is 0 Å². The minimum absolute atomic E-state index is 0.343. The van der Waals surface area contributed by atoms with Crippen LogP contribution in [0.3, 0.4) is 0 Å². The van der Waals surface area contributed by atoms with E-state index in [1.54, 1.807) is 11.8 Å². The van der Waals surface area contributed by atoms with Crippen LogP contribution in [-0.2, 0) is 17.1 Å². The summed E-state index contributed by atoms with van der Waals surface area (Å²) in [6.07, 6.45) is -0.603. The standard InChI is InChI=1S/C19H20O2S/c20-19(16-22-15-18-10-5-2-6-11-18)12-7-13-21-14-17-8-3-1-4-9-17/h1-6,8-11,19-20H,13-16H2. The van der Waals surface area contributed by atoms with Gasteiger partial charge in [-0.3, -0.25) is 0 Å². The molecule has 0 aromatic heterocycles. The zero-order valence-corrected chi connectivity index (χ0v) is 13.3. The Bertz CT molecular complexity index is 587. The molecule has 0 fully saturated rings. The van der Waals surface area contributed by atoms with Crippen LogP contribution in [0.2, 0.25) is 0 Å². The van der Waals surface area contributed by atoms with Crippen LogP contribution in [0.4, 0.5) is 0 Å². The summed E-state index contributed by atoms with van der Waals surface area (Å²) in [5, 5.41) is 9.79. The van der Waals surface area contributed by atoms with Crippen molar-refractivity contribution < 1.29 is 9.84 Å². The van der Waals surface area contributed by atoms with E-state index in [1.807, 2.05) is 48.5 Å². The molecule has 2 aromatic carbocycles. The van der Waals surface area contributed by atoms with E-state index in [-0.39, 0.29) is 0 Å². The van der Waals surface area contributed by atoms with E-state index >= 15 is 0 Å². The van der Waals surface area contributed by atoms with E-state index in [1.165, 1.54) is 5.56 Å². The third kappa shape index (κ3) is 6.82. The lowest BCUT2D eigenvalue weighted by Gasteiger charge is -2.04. The summed E-state index contributed by atoms with van der Waals surface area (Å²) < 4.78 is 5.45. The Morgan fingerprint density at radius 3 is 2.27 bits per heavy atom. The summed E-state index contributed by atoms with van der Waals surface area (Å²) in [5.41, 5.74) is 2.39. The number of hydrogen-bond acceptors (Lipinski definition) is 3. The van der Waals surface area contributed by atoms with Crippen molar-refractivity contribution in [1.29, 1.82) is 0 Å². The van der Waals surface area contributed by atoms with E-state index in [2.05, 4.69) is 24.0 Å². The molecule has 3 heteroatoms. The Hall–Kier alpha value is -1.73. The van der Waals surface area contributed by atoms with Gasteiger partial charge in [0, 0.05) is 11.5 Å². The van der Waals surface area contributed by atoms with Gasteiger partial charge in [0.15, 0.2) is 0 Å². The van der Waals surface area contributed by atoms with E-state index < -0.39 is 6.10 Å². The Balaban J connectivity index is 1.58. The molecule has 1 atom stereocenters. The second kappa shape index (κ2) is 10.1. The van der Waals surface area contributed by atoms with Crippen LogP contribution >= 0.6 is 11.8 Å². The van der Waals surface area contributed by atoms with Gasteiger partial charge in [-0.05, 0) is 11.1 Å². The monoisotopic (exact) mass is 312 g/mol. The minimum atomic E-state index is -0.603. The molecule has 0 heterocycles. The van der Waals surface area contributed by atoms with Crippen molar-refractivity contribution in [1.82, 2.24) is 0 Å². The fourth-order valence-electron chi connectivity index (χ4n) is 1.86. The molecule has 0 saturated heterocycles. The topological polar surface area (TPSA) is 29.5 Å². The number of ether oxygens (including phenoxy) is 1. The van der Waals surface area contributed by atoms with Gasteiger partial charge in [0.25, 0.3) is 0 Å². The third-order valence-electron chi connectivity index (χ3n) is 2.94. The molecule has 2 nitrogen and oxygen atoms in total. The lowest BCUT2D eigenvalue weighted by molar-refractivity contribution is 0.153. The van der Waals surface area contributed by atoms with E-state index in [0.717, 1.165) is 11.3 Å². The zero-order valence-electron chi connectivity index (χ0n) is 12.4. The molecule has 1 N–H and O–H groups in total. The molecule has 0 saturated carbocycles. The molecule has 1 unspecified atom stereocenters. The molecular weight excluding hydrogens is 292 g/mol. The fourth-order valence-corrected chi connectivity index (χ4v) is 2.71. The molecule has 0 amide bonds. The number of aliphatic hydroxyl groups is 1. The van der Waals surface area contributed by atoms with Crippen molar-refractivity contribution >= 4 is 11.8 Å². The second-order valence-corrected chi connectivity index (χ2v) is 5.85. The van der Waals surface area contributed by atoms with Crippen molar-refractivity contribution in [3.05, 3.63) is 71.8 Å². The van der Waals surface area contributed by atoms with Crippen LogP contribution in [-0.4, -0.2) is 23.6 Å². The predicted octanol–water partition coefficient (Wildman–Crippen LogP) is 3.50. The van der Waals surface area contributed by atoms with Crippen LogP contribution in [0.25, 0.3) is 0 Å². The summed E-state index contributed by atoms with van der Waals surface area (Å²) >= 11 is 1.68. The average Bonchev–Trinajstić information content (AvgIpc) is 2.56. The number of rotatable bonds is 7. The van der Waals surface area contributed by atoms with Gasteiger partial charge >= 0.3 is 0 Å². The lowest BCUT2D eigenvalue weighted by Crippen LogP contribution is -2.07. The summed E-state index contributed by atoms with van der Waals surface area (Å²) in [7, 11) is 0. The maximum atomic E-state index is 9.79. The van der Waals surface area contributed by atoms with E-state index in [9.17, 15) is 5.11 Å². The smallest absolute Gasteiger partial charge is 0.123 e. The fraction of sp³-hybridized carbons (Fsp3) is 0.263. The van der Waals surface area contributed by atoms with Crippen molar-refractivity contribution in [3.63, 3.8) is 0 Å². The molecule has 2 rings (SSSR count). The molecular formula is C19H20O2S. The first kappa shape index (κ1) is 16.6. The van der Waals surface area contributed by atoms with Crippen LogP contribution in [0.1, 0.15) is 11.1 Å². The summed E-state index contributed by atoms with van der Waals surface area (Å²) in [4.78, 5) is 0. The minimum Gasteiger partial charge on any atom is -0.380 e. The summed E-state index contributed by atoms with van der Waals surface area (Å²) in [6.45, 7) is 0.893. The lowest BCUT2D eigenvalue weighted by atomic mass is 10.2. The van der Waals surface area contributed by atoms with Gasteiger partial charge < -0.3 is 9.84 Å². The highest BCUT2D eigenvalue weighted by molar-refractivity contribution is 7.98. The van der Waals surface area contributed by atoms with Crippen LogP contribution in [0, 0.1) is 11.8 Å². The first-order chi connectivity index (χ1) is 10.8. The first-order valence-corrected chi connectivity index (χ1v) is 8.40. The van der Waals surface area contributed by atoms with Crippen molar-refractivity contribution in [2.75, 3.05) is 12.4 Å². The third-order valence-corrected chi connectivity index (χ3v) is 4.03. The van der Waals surface area contributed by atoms with Gasteiger partial charge in [-0.2, -0.15) is 11.8 Å². The normalized spacial score (nSPS) is 11.5. The van der Waals surface area contributed by atoms with Crippen LogP contribution in [0.15, 0.2) is 60.7 Å². The SMILES string of the molecule is OC(C#CCOCc1ccccc1)CSCc1ccccc1. The summed E-state index contributed by atoms with van der Waals surface area (Å²) in [6, 6.07) is 20.2. The molecule has 0 aliphatic heterocycles. The Morgan fingerprint density at radius 2 is 1.59 bits per heavy atom. The maximum Gasteiger partial charge on any atom is 0.123 e.